The summed E-state index contributed by atoms with van der Waals surface area (Å²) in [6.07, 6.45) is 2.19. The Morgan fingerprint density at radius 1 is 1.27 bits per heavy atom. The fraction of sp³-hybridized carbons (Fsp3) is 0.300. The molecule has 1 aromatic heterocycles. The molecule has 0 aliphatic carbocycles. The minimum atomic E-state index is -0.121. The molecule has 1 saturated heterocycles. The van der Waals surface area contributed by atoms with E-state index in [9.17, 15) is 9.90 Å². The van der Waals surface area contributed by atoms with E-state index in [2.05, 4.69) is 15.3 Å². The van der Waals surface area contributed by atoms with Crippen LogP contribution in [-0.2, 0) is 11.3 Å². The van der Waals surface area contributed by atoms with Crippen molar-refractivity contribution in [3.8, 4) is 11.1 Å². The van der Waals surface area contributed by atoms with E-state index in [0.29, 0.717) is 17.9 Å². The summed E-state index contributed by atoms with van der Waals surface area (Å²) in [4.78, 5) is 19.8. The van der Waals surface area contributed by atoms with Gasteiger partial charge in [-0.15, -0.1) is 0 Å². The number of fused-ring (bicyclic) bond motifs is 1. The normalized spacial score (nSPS) is 16.9. The van der Waals surface area contributed by atoms with Crippen molar-refractivity contribution in [1.29, 1.82) is 0 Å². The number of aromatic nitrogens is 2. The Balaban J connectivity index is 1.53. The molecule has 0 spiro atoms. The number of H-pyrrole nitrogens is 1. The summed E-state index contributed by atoms with van der Waals surface area (Å²) in [6, 6.07) is 13.4. The van der Waals surface area contributed by atoms with Gasteiger partial charge in [-0.2, -0.15) is 0 Å². The summed E-state index contributed by atoms with van der Waals surface area (Å²) < 4.78 is 5.54. The second kappa shape index (κ2) is 7.27. The molecule has 3 N–H and O–H groups in total. The number of ether oxygens (including phenoxy) is 1. The third-order valence-corrected chi connectivity index (χ3v) is 4.65. The molecule has 0 radical (unpaired) electrons. The van der Waals surface area contributed by atoms with Crippen molar-refractivity contribution in [2.45, 2.75) is 25.6 Å². The van der Waals surface area contributed by atoms with Gasteiger partial charge in [0.2, 0.25) is 0 Å². The van der Waals surface area contributed by atoms with E-state index in [1.165, 1.54) is 0 Å². The van der Waals surface area contributed by atoms with Gasteiger partial charge in [0, 0.05) is 18.7 Å². The maximum Gasteiger partial charge on any atom is 0.251 e. The Morgan fingerprint density at radius 2 is 2.15 bits per heavy atom. The molecule has 2 heterocycles. The van der Waals surface area contributed by atoms with Crippen LogP contribution < -0.4 is 5.32 Å². The van der Waals surface area contributed by atoms with Crippen LogP contribution in [0.4, 0.5) is 0 Å². The number of carbonyl (C=O) groups excluding carboxylic acids is 1. The first-order valence-electron chi connectivity index (χ1n) is 8.82. The van der Waals surface area contributed by atoms with Crippen LogP contribution in [0.25, 0.3) is 22.2 Å². The monoisotopic (exact) mass is 351 g/mol. The van der Waals surface area contributed by atoms with Crippen LogP contribution in [0.3, 0.4) is 0 Å². The molecule has 1 aliphatic rings. The van der Waals surface area contributed by atoms with Crippen molar-refractivity contribution >= 4 is 16.9 Å². The Hall–Kier alpha value is -2.70. The third kappa shape index (κ3) is 3.47. The molecule has 134 valence electrons. The van der Waals surface area contributed by atoms with Gasteiger partial charge in [0.25, 0.3) is 5.91 Å². The molecule has 1 amide bonds. The molecule has 0 unspecified atom stereocenters. The van der Waals surface area contributed by atoms with Crippen molar-refractivity contribution in [2.24, 2.45) is 0 Å². The smallest absolute Gasteiger partial charge is 0.251 e. The number of rotatable bonds is 5. The molecule has 1 aliphatic heterocycles. The van der Waals surface area contributed by atoms with Gasteiger partial charge < -0.3 is 20.1 Å². The number of aliphatic hydroxyl groups is 1. The fourth-order valence-corrected chi connectivity index (χ4v) is 3.27. The first-order chi connectivity index (χ1) is 12.7. The van der Waals surface area contributed by atoms with Crippen LogP contribution in [0.1, 0.15) is 29.0 Å². The zero-order chi connectivity index (χ0) is 17.9. The van der Waals surface area contributed by atoms with E-state index in [-0.39, 0.29) is 18.6 Å². The molecule has 1 fully saturated rings. The number of nitrogens with one attached hydrogen (secondary N) is 2. The predicted octanol–water partition coefficient (Wildman–Crippen LogP) is 2.63. The number of amides is 1. The van der Waals surface area contributed by atoms with E-state index in [4.69, 9.17) is 4.74 Å². The Morgan fingerprint density at radius 3 is 2.96 bits per heavy atom. The lowest BCUT2D eigenvalue weighted by Gasteiger charge is -2.11. The summed E-state index contributed by atoms with van der Waals surface area (Å²) in [5.41, 5.74) is 4.24. The number of aliphatic hydroxyl groups excluding tert-OH is 1. The van der Waals surface area contributed by atoms with Gasteiger partial charge in [-0.25, -0.2) is 4.98 Å². The summed E-state index contributed by atoms with van der Waals surface area (Å²) in [7, 11) is 0. The van der Waals surface area contributed by atoms with E-state index in [1.54, 1.807) is 0 Å². The van der Waals surface area contributed by atoms with E-state index >= 15 is 0 Å². The molecule has 4 rings (SSSR count). The van der Waals surface area contributed by atoms with Gasteiger partial charge in [0.1, 0.15) is 12.4 Å². The number of carbonyl (C=O) groups is 1. The maximum atomic E-state index is 12.4. The maximum absolute atomic E-state index is 12.4. The van der Waals surface area contributed by atoms with Crippen molar-refractivity contribution in [3.05, 3.63) is 53.9 Å². The van der Waals surface area contributed by atoms with E-state index < -0.39 is 0 Å². The standard InChI is InChI=1S/C20H21N3O3/c24-12-19-22-17-7-6-14(10-18(17)23-19)13-3-1-4-15(9-13)20(25)21-11-16-5-2-8-26-16/h1,3-4,6-7,9-10,16,24H,2,5,8,11-12H2,(H,21,25)(H,22,23)/t16-/m1/s1. The molecular weight excluding hydrogens is 330 g/mol. The highest BCUT2D eigenvalue weighted by Gasteiger charge is 2.17. The Kier molecular flexibility index (Phi) is 4.69. The molecule has 6 heteroatoms. The van der Waals surface area contributed by atoms with Crippen LogP contribution in [0, 0.1) is 0 Å². The predicted molar refractivity (Wildman–Crippen MR) is 98.8 cm³/mol. The zero-order valence-corrected chi connectivity index (χ0v) is 14.4. The molecule has 0 saturated carbocycles. The highest BCUT2D eigenvalue weighted by molar-refractivity contribution is 5.95. The SMILES string of the molecule is O=C(NC[C@H]1CCCO1)c1cccc(-c2ccc3nc(CO)[nH]c3c2)c1. The minimum Gasteiger partial charge on any atom is -0.388 e. The minimum absolute atomic E-state index is 0.0902. The van der Waals surface area contributed by atoms with Crippen LogP contribution in [0.2, 0.25) is 0 Å². The van der Waals surface area contributed by atoms with Gasteiger partial charge in [0.15, 0.2) is 0 Å². The van der Waals surface area contributed by atoms with E-state index in [1.807, 2.05) is 42.5 Å². The van der Waals surface area contributed by atoms with Crippen molar-refractivity contribution in [1.82, 2.24) is 15.3 Å². The second-order valence-corrected chi connectivity index (χ2v) is 6.50. The van der Waals surface area contributed by atoms with Crippen LogP contribution in [0.5, 0.6) is 0 Å². The lowest BCUT2D eigenvalue weighted by Crippen LogP contribution is -2.31. The third-order valence-electron chi connectivity index (χ3n) is 4.65. The zero-order valence-electron chi connectivity index (χ0n) is 14.4. The van der Waals surface area contributed by atoms with Gasteiger partial charge in [-0.3, -0.25) is 4.79 Å². The molecule has 2 aromatic carbocycles. The van der Waals surface area contributed by atoms with Crippen LogP contribution in [-0.4, -0.2) is 40.2 Å². The van der Waals surface area contributed by atoms with Crippen molar-refractivity contribution in [2.75, 3.05) is 13.2 Å². The second-order valence-electron chi connectivity index (χ2n) is 6.50. The highest BCUT2D eigenvalue weighted by Crippen LogP contribution is 2.24. The van der Waals surface area contributed by atoms with E-state index in [0.717, 1.165) is 41.6 Å². The van der Waals surface area contributed by atoms with Crippen molar-refractivity contribution < 1.29 is 14.6 Å². The summed E-state index contributed by atoms with van der Waals surface area (Å²) in [5, 5.41) is 12.2. The van der Waals surface area contributed by atoms with Crippen LogP contribution in [0.15, 0.2) is 42.5 Å². The van der Waals surface area contributed by atoms with Gasteiger partial charge in [-0.05, 0) is 48.2 Å². The first-order valence-corrected chi connectivity index (χ1v) is 8.82. The number of hydrogen-bond donors (Lipinski definition) is 3. The van der Waals surface area contributed by atoms with Gasteiger partial charge in [-0.1, -0.05) is 18.2 Å². The number of aromatic amines is 1. The van der Waals surface area contributed by atoms with Crippen LogP contribution >= 0.6 is 0 Å². The Bertz CT molecular complexity index is 929. The molecule has 3 aromatic rings. The number of hydrogen-bond acceptors (Lipinski definition) is 4. The summed E-state index contributed by atoms with van der Waals surface area (Å²) in [5.74, 6) is 0.451. The molecular formula is C20H21N3O3. The summed E-state index contributed by atoms with van der Waals surface area (Å²) >= 11 is 0. The largest absolute Gasteiger partial charge is 0.388 e. The van der Waals surface area contributed by atoms with Gasteiger partial charge in [0.05, 0.1) is 17.1 Å². The van der Waals surface area contributed by atoms with Gasteiger partial charge >= 0.3 is 0 Å². The number of benzene rings is 2. The molecule has 1 atom stereocenters. The molecule has 6 nitrogen and oxygen atoms in total. The molecule has 26 heavy (non-hydrogen) atoms. The topological polar surface area (TPSA) is 87.2 Å². The highest BCUT2D eigenvalue weighted by atomic mass is 16.5. The fourth-order valence-electron chi connectivity index (χ4n) is 3.27. The lowest BCUT2D eigenvalue weighted by molar-refractivity contribution is 0.0858. The quantitative estimate of drug-likeness (QED) is 0.659. The Labute approximate surface area is 151 Å². The molecule has 0 bridgehead atoms. The number of imidazole rings is 1. The first kappa shape index (κ1) is 16.8. The number of nitrogens with zero attached hydrogens (tertiary/aromatic N) is 1. The van der Waals surface area contributed by atoms with Crippen molar-refractivity contribution in [3.63, 3.8) is 0 Å². The lowest BCUT2D eigenvalue weighted by atomic mass is 10.0. The average Bonchev–Trinajstić information content (AvgIpc) is 3.34. The average molecular weight is 351 g/mol. The summed E-state index contributed by atoms with van der Waals surface area (Å²) in [6.45, 7) is 1.21.